The average Bonchev–Trinajstić information content (AvgIpc) is 4.02. The van der Waals surface area contributed by atoms with Gasteiger partial charge in [0.1, 0.15) is 19.6 Å². The number of nitrogens with one attached hydrogen (secondary N) is 2. The van der Waals surface area contributed by atoms with Crippen molar-refractivity contribution in [2.45, 2.75) is 185 Å². The number of hydrogen-bond donors (Lipinski definition) is 4. The van der Waals surface area contributed by atoms with Crippen molar-refractivity contribution in [3.05, 3.63) is 36.1 Å². The molecule has 82 heavy (non-hydrogen) atoms. The number of nitrogens with zero attached hydrogens (tertiary/aromatic N) is 7. The highest BCUT2D eigenvalue weighted by Gasteiger charge is 2.56. The Balaban J connectivity index is 1.08. The molecule has 2 saturated carbocycles. The minimum Gasteiger partial charge on any atom is -0.371 e. The molecular formula is C62H112N9O9S2+3. The lowest BCUT2D eigenvalue weighted by atomic mass is 9.69. The molecule has 468 valence electrons. The van der Waals surface area contributed by atoms with Gasteiger partial charge in [0.25, 0.3) is 10.1 Å². The summed E-state index contributed by atoms with van der Waals surface area (Å²) in [5, 5.41) is 18.6. The molecule has 5 aliphatic rings. The number of amides is 2. The summed E-state index contributed by atoms with van der Waals surface area (Å²) in [5.74, 6) is 0.705. The molecule has 2 amide bonds. The third-order valence-corrected chi connectivity index (χ3v) is 21.0. The second kappa shape index (κ2) is 35.0. The van der Waals surface area contributed by atoms with Gasteiger partial charge in [-0.1, -0.05) is 50.0 Å². The van der Waals surface area contributed by atoms with Crippen molar-refractivity contribution >= 4 is 45.7 Å². The van der Waals surface area contributed by atoms with Crippen molar-refractivity contribution in [2.75, 3.05) is 127 Å². The molecule has 4 fully saturated rings. The molecule has 0 bridgehead atoms. The lowest BCUT2D eigenvalue weighted by molar-refractivity contribution is -0.916. The zero-order valence-electron chi connectivity index (χ0n) is 52.3. The highest BCUT2D eigenvalue weighted by molar-refractivity contribution is 7.95. The van der Waals surface area contributed by atoms with Crippen LogP contribution in [0.5, 0.6) is 0 Å². The van der Waals surface area contributed by atoms with E-state index >= 15 is 0 Å². The molecule has 3 aliphatic heterocycles. The Hall–Kier alpha value is -3.01. The third kappa shape index (κ3) is 23.0. The van der Waals surface area contributed by atoms with Gasteiger partial charge in [-0.05, 0) is 130 Å². The Kier molecular flexibility index (Phi) is 29.7. The number of carbonyl (C=O) groups is 2. The number of likely N-dealkylation sites (tertiary alicyclic amines) is 1. The number of unbranched alkanes of at least 4 members (excludes halogenated alkanes) is 7. The van der Waals surface area contributed by atoms with E-state index in [-0.39, 0.29) is 39.9 Å². The van der Waals surface area contributed by atoms with E-state index in [4.69, 9.17) is 14.3 Å². The standard InChI is InChI=1S/C62H109N9O9S2/c1-61(2)53-48-51(81-80-79-74)30-32-55(53)68(39-20-13-17-28-59(72)65-36-23-38-67(5)6)57(61)26-15-12-16-27-58-62(3,4)54-49-52(82(75,76)77)31-33-56(54)69(58)40-21-14-18-29-60(73)66-37-25-42-70(7,8)41-22-11-10-19-34-63-50-64-35-24-43-71(9)44-46-78-47-45-71/h12,15-16,26-27,51-56H,10-11,13-14,17-25,28-49H2,1-9H3,(H-3,65,66,72,73,74,75,76,77)/p+3. The Labute approximate surface area is 500 Å². The van der Waals surface area contributed by atoms with Gasteiger partial charge in [-0.3, -0.25) is 14.1 Å². The van der Waals surface area contributed by atoms with Crippen LogP contribution in [-0.2, 0) is 33.8 Å². The molecule has 2 aliphatic carbocycles. The maximum Gasteiger partial charge on any atom is 0.267 e. The molecule has 0 radical (unpaired) electrons. The number of likely N-dealkylation sites (N-methyl/N-ethyl adjacent to an activating group) is 1. The predicted molar refractivity (Wildman–Crippen MR) is 331 cm³/mol. The first-order valence-electron chi connectivity index (χ1n) is 31.6. The topological polar surface area (TPSA) is 195 Å². The van der Waals surface area contributed by atoms with E-state index in [9.17, 15) is 22.6 Å². The van der Waals surface area contributed by atoms with Crippen molar-refractivity contribution < 1.29 is 55.5 Å². The van der Waals surface area contributed by atoms with E-state index < -0.39 is 15.4 Å². The summed E-state index contributed by atoms with van der Waals surface area (Å²) in [6.07, 6.45) is 29.5. The van der Waals surface area contributed by atoms with Gasteiger partial charge >= 0.3 is 0 Å². The van der Waals surface area contributed by atoms with Gasteiger partial charge in [0, 0.05) is 111 Å². The minimum atomic E-state index is -4.15. The van der Waals surface area contributed by atoms with Crippen LogP contribution >= 0.6 is 12.0 Å². The summed E-state index contributed by atoms with van der Waals surface area (Å²) in [5.41, 5.74) is 2.07. The average molecular weight is 1190 g/mol. The highest BCUT2D eigenvalue weighted by atomic mass is 32.2. The Bertz CT molecular complexity index is 2260. The zero-order valence-corrected chi connectivity index (χ0v) is 53.9. The largest absolute Gasteiger partial charge is 0.371 e. The Morgan fingerprint density at radius 2 is 1.49 bits per heavy atom. The van der Waals surface area contributed by atoms with Crippen molar-refractivity contribution in [3.8, 4) is 0 Å². The second-order valence-corrected chi connectivity index (χ2v) is 29.4. The van der Waals surface area contributed by atoms with Crippen molar-refractivity contribution in [1.29, 1.82) is 0 Å². The zero-order chi connectivity index (χ0) is 59.7. The number of aliphatic imine (C=N–C) groups is 2. The number of ether oxygens (including phenoxy) is 1. The summed E-state index contributed by atoms with van der Waals surface area (Å²) < 4.78 is 50.2. The Morgan fingerprint density at radius 1 is 0.829 bits per heavy atom. The van der Waals surface area contributed by atoms with Crippen LogP contribution < -0.4 is 10.6 Å². The number of allylic oxidation sites excluding steroid dienone is 6. The normalized spacial score (nSPS) is 24.8. The van der Waals surface area contributed by atoms with E-state index in [0.717, 1.165) is 178 Å². The Morgan fingerprint density at radius 3 is 2.18 bits per heavy atom. The van der Waals surface area contributed by atoms with Crippen molar-refractivity contribution in [1.82, 2.24) is 20.4 Å². The molecule has 0 aromatic carbocycles. The molecular weight excluding hydrogens is 1080 g/mol. The lowest BCUT2D eigenvalue weighted by Crippen LogP contribution is -2.52. The smallest absolute Gasteiger partial charge is 0.267 e. The third-order valence-electron chi connectivity index (χ3n) is 18.9. The van der Waals surface area contributed by atoms with Crippen LogP contribution in [0.25, 0.3) is 0 Å². The van der Waals surface area contributed by atoms with Gasteiger partial charge in [-0.25, -0.2) is 19.8 Å². The monoisotopic (exact) mass is 1190 g/mol. The van der Waals surface area contributed by atoms with Crippen LogP contribution in [0.2, 0.25) is 0 Å². The number of hydrogen-bond acceptors (Lipinski definition) is 13. The first-order valence-corrected chi connectivity index (χ1v) is 33.9. The molecule has 3 heterocycles. The summed E-state index contributed by atoms with van der Waals surface area (Å²) in [7, 11) is 6.82. The van der Waals surface area contributed by atoms with Crippen LogP contribution in [0.15, 0.2) is 46.1 Å². The molecule has 6 unspecified atom stereocenters. The van der Waals surface area contributed by atoms with E-state index in [1.807, 2.05) is 14.1 Å². The van der Waals surface area contributed by atoms with Crippen LogP contribution in [0.3, 0.4) is 0 Å². The maximum absolute atomic E-state index is 13.0. The molecule has 4 N–H and O–H groups in total. The maximum atomic E-state index is 13.0. The summed E-state index contributed by atoms with van der Waals surface area (Å²) >= 11 is 1.20. The minimum absolute atomic E-state index is 0.0744. The molecule has 18 nitrogen and oxygen atoms in total. The van der Waals surface area contributed by atoms with Crippen LogP contribution in [0, 0.1) is 22.7 Å². The molecule has 2 saturated heterocycles. The number of fused-ring (bicyclic) bond motifs is 2. The molecule has 5 rings (SSSR count). The van der Waals surface area contributed by atoms with E-state index in [0.29, 0.717) is 57.2 Å². The second-order valence-electron chi connectivity index (χ2n) is 26.7. The first kappa shape index (κ1) is 69.8. The molecule has 0 aromatic rings. The van der Waals surface area contributed by atoms with Gasteiger partial charge in [-0.15, -0.1) is 4.33 Å². The van der Waals surface area contributed by atoms with E-state index in [1.165, 1.54) is 36.3 Å². The molecule has 20 heteroatoms. The van der Waals surface area contributed by atoms with Gasteiger partial charge in [-0.2, -0.15) is 8.42 Å². The van der Waals surface area contributed by atoms with Crippen LogP contribution in [0.4, 0.5) is 0 Å². The predicted octanol–water partition coefficient (Wildman–Crippen LogP) is 9.22. The molecule has 0 aromatic heterocycles. The van der Waals surface area contributed by atoms with Gasteiger partial charge in [0.2, 0.25) is 11.8 Å². The fraction of sp³-hybridized carbons (Fsp3) is 0.839. The molecule has 6 atom stereocenters. The SMILES string of the molecule is CN(C)CCCNC(=O)CCCCC[N+]1=C(/C=C/C=C/C=C2\N(CCCCCC(=O)NCCC[N+](C)(C)CCCCCCN=C=NCCC[N+]3(C)CCOCC3)C3CCC(S(=O)(=O)O)CC3C2(C)C)C(C)(C)C2CC(SOOO)CCC21. The number of morpholine rings is 1. The van der Waals surface area contributed by atoms with Gasteiger partial charge < -0.3 is 34.1 Å². The van der Waals surface area contributed by atoms with Crippen LogP contribution in [0.1, 0.15) is 163 Å². The lowest BCUT2D eigenvalue weighted by Gasteiger charge is -2.37. The summed E-state index contributed by atoms with van der Waals surface area (Å²) in [4.78, 5) is 38.9. The van der Waals surface area contributed by atoms with Crippen LogP contribution in [-0.4, -0.2) is 215 Å². The number of rotatable bonds is 38. The molecule has 0 spiro atoms. The first-order chi connectivity index (χ1) is 39.1. The van der Waals surface area contributed by atoms with E-state index in [1.54, 1.807) is 0 Å². The fourth-order valence-corrected chi connectivity index (χ4v) is 15.4. The van der Waals surface area contributed by atoms with E-state index in [2.05, 4.69) is 125 Å². The number of carbonyl (C=O) groups excluding carboxylic acids is 2. The number of quaternary nitrogens is 2. The summed E-state index contributed by atoms with van der Waals surface area (Å²) in [6, 6.07) is 3.47. The fourth-order valence-electron chi connectivity index (χ4n) is 13.9. The highest BCUT2D eigenvalue weighted by Crippen LogP contribution is 2.54. The van der Waals surface area contributed by atoms with Gasteiger partial charge in [0.15, 0.2) is 11.8 Å². The van der Waals surface area contributed by atoms with Crippen molar-refractivity contribution in [2.24, 2.45) is 32.7 Å². The summed E-state index contributed by atoms with van der Waals surface area (Å²) in [6.45, 7) is 22.0. The van der Waals surface area contributed by atoms with Gasteiger partial charge in [0.05, 0.1) is 77.2 Å². The quantitative estimate of drug-likeness (QED) is 0.00528. The van der Waals surface area contributed by atoms with Crippen molar-refractivity contribution in [3.63, 3.8) is 0 Å².